The summed E-state index contributed by atoms with van der Waals surface area (Å²) in [6.45, 7) is 8.22. The van der Waals surface area contributed by atoms with Gasteiger partial charge >= 0.3 is 0 Å². The molecule has 114 valence electrons. The van der Waals surface area contributed by atoms with E-state index in [1.54, 1.807) is 4.90 Å². The summed E-state index contributed by atoms with van der Waals surface area (Å²) in [5.74, 6) is -2.57. The Bertz CT molecular complexity index is 430. The van der Waals surface area contributed by atoms with Crippen LogP contribution in [-0.4, -0.2) is 42.4 Å². The van der Waals surface area contributed by atoms with E-state index in [4.69, 9.17) is 0 Å². The molecule has 0 aromatic heterocycles. The van der Waals surface area contributed by atoms with Crippen molar-refractivity contribution in [1.29, 1.82) is 0 Å². The highest BCUT2D eigenvalue weighted by molar-refractivity contribution is 5.87. The van der Waals surface area contributed by atoms with Crippen LogP contribution in [0.15, 0.2) is 0 Å². The predicted octanol–water partition coefficient (Wildman–Crippen LogP) is 2.27. The molecule has 2 saturated heterocycles. The van der Waals surface area contributed by atoms with Gasteiger partial charge in [-0.05, 0) is 31.1 Å². The number of piperidine rings is 1. The Morgan fingerprint density at radius 1 is 1.20 bits per heavy atom. The maximum Gasteiger partial charge on any atom is 0.263 e. The molecule has 20 heavy (non-hydrogen) atoms. The van der Waals surface area contributed by atoms with Crippen LogP contribution in [-0.2, 0) is 4.79 Å². The van der Waals surface area contributed by atoms with E-state index in [0.717, 1.165) is 19.4 Å². The number of carbonyl (C=O) groups excluding carboxylic acids is 1. The van der Waals surface area contributed by atoms with Gasteiger partial charge in [-0.3, -0.25) is 4.79 Å². The van der Waals surface area contributed by atoms with Gasteiger partial charge in [-0.2, -0.15) is 0 Å². The van der Waals surface area contributed by atoms with E-state index in [1.807, 2.05) is 0 Å². The number of nitrogens with zero attached hydrogens (tertiary/aromatic N) is 1. The van der Waals surface area contributed by atoms with Crippen LogP contribution in [0.2, 0.25) is 0 Å². The number of halogens is 2. The molecular formula is C15H24F2N2O. The second kappa shape index (κ2) is 4.15. The zero-order valence-electron chi connectivity index (χ0n) is 12.5. The molecule has 3 aliphatic rings. The van der Waals surface area contributed by atoms with Gasteiger partial charge in [0, 0.05) is 32.1 Å². The van der Waals surface area contributed by atoms with Crippen molar-refractivity contribution in [2.75, 3.05) is 19.6 Å². The minimum absolute atomic E-state index is 0.282. The Morgan fingerprint density at radius 3 is 2.10 bits per heavy atom. The fourth-order valence-electron chi connectivity index (χ4n) is 3.85. The van der Waals surface area contributed by atoms with Gasteiger partial charge in [-0.25, -0.2) is 8.78 Å². The lowest BCUT2D eigenvalue weighted by molar-refractivity contribution is -0.142. The SMILES string of the molecule is CC1(C)CNC1C1CCN(C(=O)C2(C)CC2(F)F)CC1. The van der Waals surface area contributed by atoms with Crippen molar-refractivity contribution in [1.82, 2.24) is 10.2 Å². The number of hydrogen-bond acceptors (Lipinski definition) is 2. The molecule has 2 atom stereocenters. The zero-order valence-corrected chi connectivity index (χ0v) is 12.5. The van der Waals surface area contributed by atoms with Crippen molar-refractivity contribution in [3.8, 4) is 0 Å². The summed E-state index contributed by atoms with van der Waals surface area (Å²) in [4.78, 5) is 13.9. The summed E-state index contributed by atoms with van der Waals surface area (Å²) < 4.78 is 26.6. The first kappa shape index (κ1) is 14.2. The molecule has 0 aromatic carbocycles. The molecule has 3 fully saturated rings. The number of carbonyl (C=O) groups is 1. The fraction of sp³-hybridized carbons (Fsp3) is 0.933. The summed E-state index contributed by atoms with van der Waals surface area (Å²) >= 11 is 0. The van der Waals surface area contributed by atoms with Gasteiger partial charge in [0.1, 0.15) is 5.41 Å². The topological polar surface area (TPSA) is 32.3 Å². The quantitative estimate of drug-likeness (QED) is 0.844. The molecule has 0 radical (unpaired) electrons. The summed E-state index contributed by atoms with van der Waals surface area (Å²) in [5, 5.41) is 3.48. The van der Waals surface area contributed by atoms with Crippen molar-refractivity contribution in [3.63, 3.8) is 0 Å². The van der Waals surface area contributed by atoms with Crippen LogP contribution in [0.4, 0.5) is 8.78 Å². The fourth-order valence-corrected chi connectivity index (χ4v) is 3.85. The number of rotatable bonds is 2. The van der Waals surface area contributed by atoms with Crippen molar-refractivity contribution in [2.24, 2.45) is 16.7 Å². The summed E-state index contributed by atoms with van der Waals surface area (Å²) in [6, 6.07) is 0.512. The third-order valence-electron chi connectivity index (χ3n) is 5.65. The van der Waals surface area contributed by atoms with Crippen molar-refractivity contribution in [2.45, 2.75) is 52.0 Å². The van der Waals surface area contributed by atoms with Gasteiger partial charge in [0.2, 0.25) is 5.91 Å². The Labute approximate surface area is 119 Å². The first-order valence-corrected chi connectivity index (χ1v) is 7.58. The Kier molecular flexibility index (Phi) is 2.96. The third-order valence-corrected chi connectivity index (χ3v) is 5.65. The Hall–Kier alpha value is -0.710. The molecule has 2 unspecified atom stereocenters. The number of amides is 1. The van der Waals surface area contributed by atoms with Gasteiger partial charge in [0.15, 0.2) is 0 Å². The molecule has 5 heteroatoms. The lowest BCUT2D eigenvalue weighted by Crippen LogP contribution is -2.64. The van der Waals surface area contributed by atoms with E-state index in [0.29, 0.717) is 30.5 Å². The second-order valence-electron chi connectivity index (χ2n) is 7.69. The number of hydrogen-bond donors (Lipinski definition) is 1. The molecule has 0 spiro atoms. The first-order valence-electron chi connectivity index (χ1n) is 7.58. The van der Waals surface area contributed by atoms with E-state index in [9.17, 15) is 13.6 Å². The van der Waals surface area contributed by atoms with Gasteiger partial charge < -0.3 is 10.2 Å². The van der Waals surface area contributed by atoms with Gasteiger partial charge in [0.05, 0.1) is 0 Å². The van der Waals surface area contributed by atoms with Crippen LogP contribution >= 0.6 is 0 Å². The summed E-state index contributed by atoms with van der Waals surface area (Å²) in [7, 11) is 0. The first-order chi connectivity index (χ1) is 9.17. The molecular weight excluding hydrogens is 262 g/mol. The lowest BCUT2D eigenvalue weighted by atomic mass is 9.68. The lowest BCUT2D eigenvalue weighted by Gasteiger charge is -2.51. The number of likely N-dealkylation sites (tertiary alicyclic amines) is 1. The zero-order chi connectivity index (χ0) is 14.8. The van der Waals surface area contributed by atoms with E-state index < -0.39 is 11.3 Å². The summed E-state index contributed by atoms with van der Waals surface area (Å²) in [6.07, 6.45) is 1.57. The molecule has 3 rings (SSSR count). The molecule has 1 aliphatic carbocycles. The summed E-state index contributed by atoms with van der Waals surface area (Å²) in [5.41, 5.74) is -1.10. The molecule has 0 bridgehead atoms. The van der Waals surface area contributed by atoms with Crippen molar-refractivity contribution in [3.05, 3.63) is 0 Å². The average molecular weight is 286 g/mol. The Balaban J connectivity index is 1.56. The third kappa shape index (κ3) is 1.97. The van der Waals surface area contributed by atoms with Crippen molar-refractivity contribution >= 4 is 5.91 Å². The van der Waals surface area contributed by atoms with Gasteiger partial charge in [0.25, 0.3) is 5.92 Å². The smallest absolute Gasteiger partial charge is 0.263 e. The van der Waals surface area contributed by atoms with Crippen LogP contribution in [0.1, 0.15) is 40.0 Å². The van der Waals surface area contributed by atoms with Crippen molar-refractivity contribution < 1.29 is 13.6 Å². The molecule has 1 N–H and O–H groups in total. The van der Waals surface area contributed by atoms with Crippen LogP contribution < -0.4 is 5.32 Å². The molecule has 2 heterocycles. The monoisotopic (exact) mass is 286 g/mol. The molecule has 3 nitrogen and oxygen atoms in total. The maximum absolute atomic E-state index is 13.3. The highest BCUT2D eigenvalue weighted by Crippen LogP contribution is 2.61. The normalized spacial score (nSPS) is 39.2. The number of alkyl halides is 2. The second-order valence-corrected chi connectivity index (χ2v) is 7.69. The van der Waals surface area contributed by atoms with E-state index >= 15 is 0 Å². The average Bonchev–Trinajstić information content (AvgIpc) is 2.89. The van der Waals surface area contributed by atoms with Gasteiger partial charge in [-0.15, -0.1) is 0 Å². The van der Waals surface area contributed by atoms with Crippen LogP contribution in [0.3, 0.4) is 0 Å². The highest BCUT2D eigenvalue weighted by Gasteiger charge is 2.73. The van der Waals surface area contributed by atoms with Gasteiger partial charge in [-0.1, -0.05) is 13.8 Å². The molecule has 2 aliphatic heterocycles. The minimum atomic E-state index is -2.79. The molecule has 1 amide bonds. The van der Waals surface area contributed by atoms with E-state index in [1.165, 1.54) is 6.92 Å². The standard InChI is InChI=1S/C15H24F2N2O/c1-13(2)9-18-11(13)10-4-6-19(7-5-10)12(20)14(3)8-15(14,16)17/h10-11,18H,4-9H2,1-3H3. The minimum Gasteiger partial charge on any atom is -0.342 e. The molecule has 1 saturated carbocycles. The number of nitrogens with one attached hydrogen (secondary N) is 1. The predicted molar refractivity (Wildman–Crippen MR) is 72.5 cm³/mol. The molecule has 0 aromatic rings. The van der Waals surface area contributed by atoms with Crippen LogP contribution in [0, 0.1) is 16.7 Å². The van der Waals surface area contributed by atoms with Crippen LogP contribution in [0.5, 0.6) is 0 Å². The highest BCUT2D eigenvalue weighted by atomic mass is 19.3. The van der Waals surface area contributed by atoms with Crippen LogP contribution in [0.25, 0.3) is 0 Å². The van der Waals surface area contributed by atoms with E-state index in [-0.39, 0.29) is 12.3 Å². The maximum atomic E-state index is 13.3. The van der Waals surface area contributed by atoms with E-state index in [2.05, 4.69) is 19.2 Å². The largest absolute Gasteiger partial charge is 0.342 e. The Morgan fingerprint density at radius 2 is 1.75 bits per heavy atom.